The van der Waals surface area contributed by atoms with Crippen LogP contribution < -0.4 is 26.9 Å². The highest BCUT2D eigenvalue weighted by atomic mass is 19.1. The van der Waals surface area contributed by atoms with E-state index in [0.29, 0.717) is 28.3 Å². The average Bonchev–Trinajstić information content (AvgIpc) is 3.72. The third-order valence-corrected chi connectivity index (χ3v) is 12.1. The van der Waals surface area contributed by atoms with E-state index in [9.17, 15) is 24.3 Å². The predicted molar refractivity (Wildman–Crippen MR) is 258 cm³/mol. The molecule has 14 nitrogen and oxygen atoms in total. The van der Waals surface area contributed by atoms with Gasteiger partial charge in [0.25, 0.3) is 11.8 Å². The Morgan fingerprint density at radius 2 is 1.08 bits per heavy atom. The van der Waals surface area contributed by atoms with Gasteiger partial charge in [0.2, 0.25) is 11.8 Å². The molecule has 0 bridgehead atoms. The maximum absolute atomic E-state index is 16.9. The average molecular weight is 981 g/mol. The number of amides is 4. The van der Waals surface area contributed by atoms with E-state index < -0.39 is 93.9 Å². The third kappa shape index (κ3) is 12.0. The summed E-state index contributed by atoms with van der Waals surface area (Å²) in [6, 6.07) is 35.9. The van der Waals surface area contributed by atoms with Gasteiger partial charge in [-0.1, -0.05) is 156 Å². The van der Waals surface area contributed by atoms with Crippen LogP contribution in [0.5, 0.6) is 0 Å². The van der Waals surface area contributed by atoms with Crippen molar-refractivity contribution >= 4 is 36.2 Å². The number of hydrogen-bond donors (Lipinski definition) is 6. The molecule has 0 saturated carbocycles. The van der Waals surface area contributed by atoms with Crippen LogP contribution in [0.2, 0.25) is 0 Å². The smallest absolute Gasteiger partial charge is 0.390 e. The van der Waals surface area contributed by atoms with Crippen LogP contribution in [-0.4, -0.2) is 92.7 Å². The molecule has 71 heavy (non-hydrogen) atoms. The summed E-state index contributed by atoms with van der Waals surface area (Å²) in [6.45, 7) is 8.72. The number of halogens is 3. The van der Waals surface area contributed by atoms with Gasteiger partial charge in [-0.2, -0.15) is 0 Å². The number of carbonyl (C=O) groups excluding carboxylic acids is 4. The molecule has 376 valence electrons. The minimum atomic E-state index is -1.84. The number of hydroxylamine groups is 1. The first-order valence-corrected chi connectivity index (χ1v) is 23.4. The molecule has 0 spiro atoms. The van der Waals surface area contributed by atoms with Crippen LogP contribution in [0.1, 0.15) is 73.7 Å². The van der Waals surface area contributed by atoms with Crippen molar-refractivity contribution in [1.82, 2.24) is 21.4 Å². The highest BCUT2D eigenvalue weighted by Gasteiger charge is 2.67. The van der Waals surface area contributed by atoms with E-state index in [1.807, 2.05) is 121 Å². The minimum absolute atomic E-state index is 0.0421. The summed E-state index contributed by atoms with van der Waals surface area (Å²) in [5, 5.41) is 27.2. The zero-order chi connectivity index (χ0) is 51.3. The number of aliphatic hydroxyl groups excluding tert-OH is 1. The number of aliphatic hydroxyl groups is 1. The van der Waals surface area contributed by atoms with Crippen LogP contribution in [0, 0.1) is 34.7 Å². The minimum Gasteiger partial charge on any atom is -0.390 e. The Bertz CT molecular complexity index is 2410. The van der Waals surface area contributed by atoms with Gasteiger partial charge < -0.3 is 39.8 Å². The molecule has 0 radical (unpaired) electrons. The quantitative estimate of drug-likeness (QED) is 0.0218. The zero-order valence-electron chi connectivity index (χ0n) is 40.3. The van der Waals surface area contributed by atoms with E-state index in [-0.39, 0.29) is 51.9 Å². The second kappa shape index (κ2) is 24.1. The number of benzene rings is 5. The molecule has 0 aromatic heterocycles. The summed E-state index contributed by atoms with van der Waals surface area (Å²) in [6.07, 6.45) is -1.73. The van der Waals surface area contributed by atoms with Gasteiger partial charge in [-0.3, -0.25) is 24.4 Å². The van der Waals surface area contributed by atoms with Crippen molar-refractivity contribution in [1.29, 1.82) is 0 Å². The zero-order valence-corrected chi connectivity index (χ0v) is 40.3. The van der Waals surface area contributed by atoms with Crippen LogP contribution in [0.15, 0.2) is 127 Å². The lowest BCUT2D eigenvalue weighted by molar-refractivity contribution is -0.147. The summed E-state index contributed by atoms with van der Waals surface area (Å²) < 4.78 is 73.7. The molecule has 5 aromatic rings. The van der Waals surface area contributed by atoms with Crippen molar-refractivity contribution in [3.63, 3.8) is 0 Å². The van der Waals surface area contributed by atoms with Crippen molar-refractivity contribution in [2.45, 2.75) is 64.4 Å². The molecule has 0 aliphatic carbocycles. The molecule has 3 atom stereocenters. The number of rotatable bonds is 22. The van der Waals surface area contributed by atoms with Gasteiger partial charge >= 0.3 is 7.12 Å². The summed E-state index contributed by atoms with van der Waals surface area (Å²) in [5.41, 5.74) is -2.13. The van der Waals surface area contributed by atoms with Gasteiger partial charge in [0.15, 0.2) is 0 Å². The molecule has 4 amide bonds. The number of ether oxygens (including phenoxy) is 2. The largest absolute Gasteiger partial charge is 0.501 e. The van der Waals surface area contributed by atoms with E-state index in [0.717, 1.165) is 0 Å². The summed E-state index contributed by atoms with van der Waals surface area (Å²) in [5.74, 6) is -9.17. The Labute approximate surface area is 411 Å². The lowest BCUT2D eigenvalue weighted by Gasteiger charge is -2.46. The first kappa shape index (κ1) is 53.9. The van der Waals surface area contributed by atoms with Crippen molar-refractivity contribution in [2.75, 3.05) is 39.5 Å². The van der Waals surface area contributed by atoms with E-state index in [2.05, 4.69) is 16.0 Å². The Morgan fingerprint density at radius 3 is 1.49 bits per heavy atom. The summed E-state index contributed by atoms with van der Waals surface area (Å²) in [7, 11) is -1.82. The molecule has 18 heteroatoms. The highest BCUT2D eigenvalue weighted by Crippen LogP contribution is 2.58. The Balaban J connectivity index is 1.09. The molecule has 0 unspecified atom stereocenters. The molecule has 1 saturated heterocycles. The molecule has 5 aromatic carbocycles. The predicted octanol–water partition coefficient (Wildman–Crippen LogP) is 5.67. The molecular formula is C53H60BF3N4O10. The van der Waals surface area contributed by atoms with Crippen LogP contribution in [0.4, 0.5) is 13.2 Å². The van der Waals surface area contributed by atoms with Gasteiger partial charge in [0.1, 0.15) is 46.4 Å². The SMILES string of the molecule is CC(C)C[C@H](C(=O)N[C@@H](C(=O)NCCOCCOCCNC(=O)c1c(F)cc(F)c(B2OC(c3ccccc3)(c3ccccc3)C(c3ccccc3)(c3ccccc3)O2)c1F)C(C)(C)C)[C@@H](O)C(=O)NO. The first-order valence-electron chi connectivity index (χ1n) is 23.4. The van der Waals surface area contributed by atoms with Gasteiger partial charge in [-0.05, 0) is 40.0 Å². The van der Waals surface area contributed by atoms with Crippen LogP contribution in [-0.2, 0) is 44.4 Å². The van der Waals surface area contributed by atoms with Crippen molar-refractivity contribution < 1.29 is 61.4 Å². The lowest BCUT2D eigenvalue weighted by atomic mass is 9.66. The molecule has 1 fully saturated rings. The summed E-state index contributed by atoms with van der Waals surface area (Å²) >= 11 is 0. The van der Waals surface area contributed by atoms with Crippen molar-refractivity contribution in [3.05, 3.63) is 173 Å². The Morgan fingerprint density at radius 1 is 0.648 bits per heavy atom. The molecule has 6 rings (SSSR count). The second-order valence-electron chi connectivity index (χ2n) is 18.6. The molecule has 1 aliphatic heterocycles. The van der Waals surface area contributed by atoms with Crippen LogP contribution >= 0.6 is 0 Å². The van der Waals surface area contributed by atoms with Gasteiger partial charge in [0, 0.05) is 19.2 Å². The fourth-order valence-corrected chi connectivity index (χ4v) is 8.82. The Hall–Kier alpha value is -6.41. The maximum atomic E-state index is 16.9. The second-order valence-corrected chi connectivity index (χ2v) is 18.6. The molecule has 1 aliphatic rings. The van der Waals surface area contributed by atoms with Crippen LogP contribution in [0.25, 0.3) is 0 Å². The number of hydrogen-bond acceptors (Lipinski definition) is 10. The number of nitrogens with one attached hydrogen (secondary N) is 4. The molecular weight excluding hydrogens is 920 g/mol. The van der Waals surface area contributed by atoms with Crippen molar-refractivity contribution in [3.8, 4) is 0 Å². The summed E-state index contributed by atoms with van der Waals surface area (Å²) in [4.78, 5) is 51.9. The van der Waals surface area contributed by atoms with E-state index >= 15 is 13.2 Å². The van der Waals surface area contributed by atoms with E-state index in [4.69, 9.17) is 24.0 Å². The van der Waals surface area contributed by atoms with E-state index in [1.54, 1.807) is 34.6 Å². The van der Waals surface area contributed by atoms with Crippen molar-refractivity contribution in [2.24, 2.45) is 17.3 Å². The van der Waals surface area contributed by atoms with Crippen LogP contribution in [0.3, 0.4) is 0 Å². The highest BCUT2D eigenvalue weighted by molar-refractivity contribution is 6.62. The van der Waals surface area contributed by atoms with Gasteiger partial charge in [-0.25, -0.2) is 18.7 Å². The topological polar surface area (TPSA) is 194 Å². The fourth-order valence-electron chi connectivity index (χ4n) is 8.82. The normalized spacial score (nSPS) is 15.4. The maximum Gasteiger partial charge on any atom is 0.501 e. The lowest BCUT2D eigenvalue weighted by Crippen LogP contribution is -2.57. The third-order valence-electron chi connectivity index (χ3n) is 12.1. The number of carbonyl (C=O) groups is 4. The van der Waals surface area contributed by atoms with Gasteiger partial charge in [-0.15, -0.1) is 0 Å². The monoisotopic (exact) mass is 980 g/mol. The molecule has 6 N–H and O–H groups in total. The molecule has 1 heterocycles. The standard InChI is InChI=1S/C53H60BF3N4O10/c1-34(2)32-39(45(62)49(65)61-67)47(63)60-46(51(3,4)5)50(66)59-27-29-69-31-30-68-28-26-58-48(64)42-40(55)33-41(56)43(44(42)57)54-70-52(35-18-10-6-11-19-35,36-20-12-7-13-21-36)53(71-54,37-22-14-8-15-23-37)38-24-16-9-17-25-38/h6-25,33-34,39,45-46,62,67H,26-32H2,1-5H3,(H,58,64)(H,59,66)(H,60,63)(H,61,65)/t39-,45+,46-/m0/s1. The van der Waals surface area contributed by atoms with Gasteiger partial charge in [0.05, 0.1) is 37.8 Å². The first-order chi connectivity index (χ1) is 34.0. The Kier molecular flexibility index (Phi) is 18.3. The van der Waals surface area contributed by atoms with E-state index in [1.165, 1.54) is 5.48 Å². The fraction of sp³-hybridized carbons (Fsp3) is 0.358.